The molecule has 0 unspecified atom stereocenters. The van der Waals surface area contributed by atoms with Crippen molar-refractivity contribution >= 4 is 15.9 Å². The van der Waals surface area contributed by atoms with Crippen molar-refractivity contribution in [3.8, 4) is 5.75 Å². The van der Waals surface area contributed by atoms with Crippen LogP contribution in [0.3, 0.4) is 0 Å². The zero-order valence-electron chi connectivity index (χ0n) is 13.0. The third-order valence-electron chi connectivity index (χ3n) is 4.28. The largest absolute Gasteiger partial charge is 0.508 e. The molecule has 0 spiro atoms. The number of phenolic OH excluding ortho intramolecular Hbond substituents is 1. The second-order valence-electron chi connectivity index (χ2n) is 5.73. The van der Waals surface area contributed by atoms with E-state index in [4.69, 9.17) is 0 Å². The van der Waals surface area contributed by atoms with E-state index in [0.29, 0.717) is 5.75 Å². The minimum atomic E-state index is 0.252. The summed E-state index contributed by atoms with van der Waals surface area (Å²) < 4.78 is 1.11. The van der Waals surface area contributed by atoms with Gasteiger partial charge in [-0.1, -0.05) is 22.0 Å². The molecule has 0 aliphatic carbocycles. The molecule has 0 bridgehead atoms. The Kier molecular flexibility index (Phi) is 5.85. The number of allylic oxidation sites excluding steroid dienone is 1. The van der Waals surface area contributed by atoms with Gasteiger partial charge >= 0.3 is 0 Å². The van der Waals surface area contributed by atoms with Gasteiger partial charge in [0.2, 0.25) is 0 Å². The van der Waals surface area contributed by atoms with Gasteiger partial charge in [0.1, 0.15) is 5.75 Å². The molecular formula is C17H25BrN2O. The first-order chi connectivity index (χ1) is 10.1. The Hall–Kier alpha value is -0.840. The molecule has 0 saturated carbocycles. The van der Waals surface area contributed by atoms with Crippen molar-refractivity contribution in [3.05, 3.63) is 39.9 Å². The first kappa shape index (κ1) is 16.5. The lowest BCUT2D eigenvalue weighted by Gasteiger charge is -2.36. The van der Waals surface area contributed by atoms with E-state index in [0.717, 1.165) is 60.2 Å². The van der Waals surface area contributed by atoms with Crippen LogP contribution in [-0.4, -0.2) is 36.2 Å². The van der Waals surface area contributed by atoms with Crippen molar-refractivity contribution in [2.24, 2.45) is 0 Å². The predicted molar refractivity (Wildman–Crippen MR) is 91.9 cm³/mol. The minimum Gasteiger partial charge on any atom is -0.508 e. The molecule has 1 aliphatic heterocycles. The second-order valence-corrected chi connectivity index (χ2v) is 6.53. The van der Waals surface area contributed by atoms with Crippen molar-refractivity contribution in [3.63, 3.8) is 0 Å². The second kappa shape index (κ2) is 7.43. The van der Waals surface area contributed by atoms with Gasteiger partial charge in [-0.2, -0.15) is 0 Å². The third kappa shape index (κ3) is 3.68. The summed E-state index contributed by atoms with van der Waals surface area (Å²) in [6.07, 6.45) is 3.91. The summed E-state index contributed by atoms with van der Waals surface area (Å²) in [4.78, 5) is 2.48. The lowest BCUT2D eigenvalue weighted by molar-refractivity contribution is 0.163. The van der Waals surface area contributed by atoms with Crippen LogP contribution in [-0.2, 0) is 0 Å². The summed E-state index contributed by atoms with van der Waals surface area (Å²) in [5.41, 5.74) is 3.30. The fourth-order valence-electron chi connectivity index (χ4n) is 3.15. The average molecular weight is 353 g/mol. The number of nitrogens with one attached hydrogen (secondary N) is 1. The summed E-state index contributed by atoms with van der Waals surface area (Å²) in [6, 6.07) is 2.12. The quantitative estimate of drug-likeness (QED) is 0.793. The van der Waals surface area contributed by atoms with Crippen molar-refractivity contribution in [1.29, 1.82) is 0 Å². The molecule has 0 radical (unpaired) electrons. The number of aromatic hydroxyl groups is 1. The van der Waals surface area contributed by atoms with Crippen LogP contribution in [0, 0.1) is 13.8 Å². The Labute approximate surface area is 136 Å². The van der Waals surface area contributed by atoms with E-state index in [1.165, 1.54) is 0 Å². The topological polar surface area (TPSA) is 35.5 Å². The van der Waals surface area contributed by atoms with E-state index in [1.54, 1.807) is 0 Å². The van der Waals surface area contributed by atoms with Crippen molar-refractivity contribution in [2.75, 3.05) is 26.2 Å². The molecule has 1 saturated heterocycles. The van der Waals surface area contributed by atoms with E-state index in [-0.39, 0.29) is 6.04 Å². The van der Waals surface area contributed by atoms with E-state index >= 15 is 0 Å². The summed E-state index contributed by atoms with van der Waals surface area (Å²) in [6.45, 7) is 12.0. The highest BCUT2D eigenvalue weighted by atomic mass is 79.9. The van der Waals surface area contributed by atoms with Gasteiger partial charge in [-0.3, -0.25) is 4.90 Å². The molecule has 3 nitrogen and oxygen atoms in total. The summed E-state index contributed by atoms with van der Waals surface area (Å²) in [5, 5.41) is 13.9. The molecule has 1 heterocycles. The van der Waals surface area contributed by atoms with Crippen LogP contribution >= 0.6 is 15.9 Å². The monoisotopic (exact) mass is 352 g/mol. The lowest BCUT2D eigenvalue weighted by Crippen LogP contribution is -2.45. The van der Waals surface area contributed by atoms with Crippen molar-refractivity contribution in [1.82, 2.24) is 10.2 Å². The number of aryl methyl sites for hydroxylation is 1. The Morgan fingerprint density at radius 3 is 2.71 bits per heavy atom. The molecule has 0 amide bonds. The maximum absolute atomic E-state index is 10.5. The Balaban J connectivity index is 2.40. The van der Waals surface area contributed by atoms with Crippen molar-refractivity contribution in [2.45, 2.75) is 32.7 Å². The SMILES string of the molecule is C=CCC[C@H](c1c(O)cc(C)c(Br)c1C)N1CCNCC1. The van der Waals surface area contributed by atoms with Crippen LogP contribution in [0.25, 0.3) is 0 Å². The summed E-state index contributed by atoms with van der Waals surface area (Å²) >= 11 is 3.66. The smallest absolute Gasteiger partial charge is 0.120 e. The van der Waals surface area contributed by atoms with E-state index < -0.39 is 0 Å². The molecule has 21 heavy (non-hydrogen) atoms. The first-order valence-corrected chi connectivity index (χ1v) is 8.39. The number of benzene rings is 1. The zero-order valence-corrected chi connectivity index (χ0v) is 14.5. The van der Waals surface area contributed by atoms with E-state index in [2.05, 4.69) is 39.6 Å². The van der Waals surface area contributed by atoms with Crippen molar-refractivity contribution < 1.29 is 5.11 Å². The van der Waals surface area contributed by atoms with Crippen LogP contribution in [0.2, 0.25) is 0 Å². The van der Waals surface area contributed by atoms with Gasteiger partial charge in [-0.05, 0) is 43.9 Å². The van der Waals surface area contributed by atoms with Gasteiger partial charge in [0.15, 0.2) is 0 Å². The minimum absolute atomic E-state index is 0.252. The Bertz CT molecular complexity index is 510. The molecule has 4 heteroatoms. The normalized spacial score (nSPS) is 17.7. The standard InChI is InChI=1S/C17H25BrN2O/c1-4-5-6-14(20-9-7-19-8-10-20)16-13(3)17(18)12(2)11-15(16)21/h4,11,14,19,21H,1,5-10H2,2-3H3/t14-/m1/s1. The highest BCUT2D eigenvalue weighted by Gasteiger charge is 2.26. The molecule has 1 aliphatic rings. The first-order valence-electron chi connectivity index (χ1n) is 7.60. The maximum Gasteiger partial charge on any atom is 0.120 e. The average Bonchev–Trinajstić information content (AvgIpc) is 2.49. The van der Waals surface area contributed by atoms with Crippen LogP contribution in [0.1, 0.15) is 35.6 Å². The zero-order chi connectivity index (χ0) is 15.4. The van der Waals surface area contributed by atoms with Crippen LogP contribution in [0.5, 0.6) is 5.75 Å². The number of phenols is 1. The van der Waals surface area contributed by atoms with Gasteiger partial charge in [0.25, 0.3) is 0 Å². The molecule has 2 rings (SSSR count). The Morgan fingerprint density at radius 1 is 1.43 bits per heavy atom. The summed E-state index contributed by atoms with van der Waals surface area (Å²) in [5.74, 6) is 0.417. The fourth-order valence-corrected chi connectivity index (χ4v) is 3.48. The number of hydrogen-bond donors (Lipinski definition) is 2. The number of piperazine rings is 1. The van der Waals surface area contributed by atoms with Crippen LogP contribution < -0.4 is 5.32 Å². The molecule has 116 valence electrons. The number of rotatable bonds is 5. The van der Waals surface area contributed by atoms with Gasteiger partial charge in [0.05, 0.1) is 0 Å². The molecule has 1 aromatic carbocycles. The number of hydrogen-bond acceptors (Lipinski definition) is 3. The highest BCUT2D eigenvalue weighted by molar-refractivity contribution is 9.10. The van der Waals surface area contributed by atoms with Gasteiger partial charge < -0.3 is 10.4 Å². The fraction of sp³-hybridized carbons (Fsp3) is 0.529. The molecular weight excluding hydrogens is 328 g/mol. The molecule has 1 atom stereocenters. The van der Waals surface area contributed by atoms with Gasteiger partial charge in [0, 0.05) is 42.3 Å². The maximum atomic E-state index is 10.5. The third-order valence-corrected chi connectivity index (χ3v) is 5.50. The molecule has 0 aromatic heterocycles. The van der Waals surface area contributed by atoms with Crippen LogP contribution in [0.4, 0.5) is 0 Å². The highest BCUT2D eigenvalue weighted by Crippen LogP contribution is 2.39. The molecule has 1 aromatic rings. The molecule has 1 fully saturated rings. The summed E-state index contributed by atoms with van der Waals surface area (Å²) in [7, 11) is 0. The van der Waals surface area contributed by atoms with Crippen LogP contribution in [0.15, 0.2) is 23.2 Å². The number of nitrogens with zero attached hydrogens (tertiary/aromatic N) is 1. The van der Waals surface area contributed by atoms with E-state index in [1.807, 2.05) is 19.1 Å². The van der Waals surface area contributed by atoms with Gasteiger partial charge in [-0.15, -0.1) is 6.58 Å². The van der Waals surface area contributed by atoms with Gasteiger partial charge in [-0.25, -0.2) is 0 Å². The van der Waals surface area contributed by atoms with E-state index in [9.17, 15) is 5.11 Å². The number of halogens is 1. The predicted octanol–water partition coefficient (Wildman–Crippen LogP) is 3.68. The lowest BCUT2D eigenvalue weighted by atomic mass is 9.93. The Morgan fingerprint density at radius 2 is 2.10 bits per heavy atom. The molecule has 2 N–H and O–H groups in total.